The van der Waals surface area contributed by atoms with Gasteiger partial charge >= 0.3 is 23.9 Å². The Labute approximate surface area is 320 Å². The van der Waals surface area contributed by atoms with Crippen LogP contribution in [0.25, 0.3) is 21.5 Å². The third-order valence-corrected chi connectivity index (χ3v) is 8.60. The number of carbonyl (C=O) groups is 4. The summed E-state index contributed by atoms with van der Waals surface area (Å²) in [6.45, 7) is 12.7. The van der Waals surface area contributed by atoms with Crippen molar-refractivity contribution in [3.63, 3.8) is 0 Å². The molecule has 0 bridgehead atoms. The van der Waals surface area contributed by atoms with Gasteiger partial charge in [0.1, 0.15) is 23.0 Å². The first-order valence-electron chi connectivity index (χ1n) is 18.2. The molecular formula is C45H44O10. The summed E-state index contributed by atoms with van der Waals surface area (Å²) in [5.74, 6) is -0.545. The Hall–Kier alpha value is -6.42. The molecule has 0 aliphatic heterocycles. The van der Waals surface area contributed by atoms with E-state index >= 15 is 0 Å². The number of rotatable bonds is 18. The van der Waals surface area contributed by atoms with Crippen molar-refractivity contribution in [1.82, 2.24) is 0 Å². The smallest absolute Gasteiger partial charge is 0.343 e. The van der Waals surface area contributed by atoms with Crippen molar-refractivity contribution in [2.45, 2.75) is 71.9 Å². The van der Waals surface area contributed by atoms with E-state index < -0.39 is 36.5 Å². The van der Waals surface area contributed by atoms with E-state index in [2.05, 4.69) is 13.2 Å². The molecule has 10 nitrogen and oxygen atoms in total. The predicted molar refractivity (Wildman–Crippen MR) is 209 cm³/mol. The van der Waals surface area contributed by atoms with Gasteiger partial charge in [0.25, 0.3) is 0 Å². The van der Waals surface area contributed by atoms with Crippen LogP contribution in [0.2, 0.25) is 0 Å². The van der Waals surface area contributed by atoms with E-state index in [0.717, 1.165) is 59.4 Å². The Morgan fingerprint density at radius 3 is 1.45 bits per heavy atom. The van der Waals surface area contributed by atoms with Crippen molar-refractivity contribution < 1.29 is 47.6 Å². The Kier molecular flexibility index (Phi) is 13.8. The Morgan fingerprint density at radius 2 is 1.00 bits per heavy atom. The lowest BCUT2D eigenvalue weighted by Crippen LogP contribution is -2.23. The lowest BCUT2D eigenvalue weighted by atomic mass is 10.1. The second-order valence-corrected chi connectivity index (χ2v) is 12.8. The first kappa shape index (κ1) is 39.8. The van der Waals surface area contributed by atoms with Crippen LogP contribution in [0, 0.1) is 6.92 Å². The Bertz CT molecular complexity index is 2200. The maximum Gasteiger partial charge on any atom is 0.343 e. The zero-order chi connectivity index (χ0) is 39.3. The van der Waals surface area contributed by atoms with E-state index in [1.165, 1.54) is 0 Å². The van der Waals surface area contributed by atoms with Crippen molar-refractivity contribution in [3.05, 3.63) is 133 Å². The fraction of sp³-hybridized carbons (Fsp3) is 0.244. The van der Waals surface area contributed by atoms with Crippen molar-refractivity contribution in [3.8, 4) is 23.0 Å². The van der Waals surface area contributed by atoms with Gasteiger partial charge in [-0.05, 0) is 114 Å². The van der Waals surface area contributed by atoms with E-state index in [0.29, 0.717) is 52.5 Å². The summed E-state index contributed by atoms with van der Waals surface area (Å²) in [5.41, 5.74) is 1.29. The molecule has 2 unspecified atom stereocenters. The topological polar surface area (TPSA) is 124 Å². The second-order valence-electron chi connectivity index (χ2n) is 12.8. The average Bonchev–Trinajstić information content (AvgIpc) is 3.19. The van der Waals surface area contributed by atoms with Crippen LogP contribution in [0.1, 0.15) is 78.7 Å². The second kappa shape index (κ2) is 19.1. The number of esters is 4. The van der Waals surface area contributed by atoms with Crippen molar-refractivity contribution in [2.24, 2.45) is 0 Å². The normalized spacial score (nSPS) is 11.9. The minimum Gasteiger partial charge on any atom is -0.455 e. The van der Waals surface area contributed by atoms with Gasteiger partial charge in [-0.25, -0.2) is 19.2 Å². The van der Waals surface area contributed by atoms with Crippen molar-refractivity contribution in [1.29, 1.82) is 0 Å². The highest BCUT2D eigenvalue weighted by atomic mass is 16.7. The molecule has 5 rings (SSSR count). The van der Waals surface area contributed by atoms with Crippen LogP contribution in [-0.2, 0) is 19.1 Å². The molecule has 284 valence electrons. The number of hydrogen-bond donors (Lipinski definition) is 0. The zero-order valence-electron chi connectivity index (χ0n) is 31.2. The number of carbonyl (C=O) groups excluding carboxylic acids is 4. The lowest BCUT2D eigenvalue weighted by Gasteiger charge is -2.19. The molecule has 0 amide bonds. The molecule has 0 saturated heterocycles. The minimum absolute atomic E-state index is 0.290. The van der Waals surface area contributed by atoms with Gasteiger partial charge in [0.05, 0.1) is 11.1 Å². The maximum absolute atomic E-state index is 13.2. The molecule has 0 fully saturated rings. The molecule has 0 aromatic heterocycles. The molecule has 5 aromatic rings. The highest BCUT2D eigenvalue weighted by Crippen LogP contribution is 2.29. The molecule has 2 atom stereocenters. The molecule has 0 N–H and O–H groups in total. The van der Waals surface area contributed by atoms with E-state index in [1.54, 1.807) is 73.7 Å². The average molecular weight is 745 g/mol. The van der Waals surface area contributed by atoms with Gasteiger partial charge < -0.3 is 28.4 Å². The van der Waals surface area contributed by atoms with Crippen LogP contribution in [-0.4, -0.2) is 36.5 Å². The first-order chi connectivity index (χ1) is 26.6. The Morgan fingerprint density at radius 1 is 0.564 bits per heavy atom. The SMILES string of the molecule is C=CC(=O)OC(CCCC)Oc1ccc2cc(C(=O)Oc3ccc(OC(=O)c4ccc5cc(OC(CCCC)OC(=O)C=C)ccc5c4)c(C)c3)ccc2c1. The molecule has 10 heteroatoms. The number of unbranched alkanes of at least 4 members (excludes halogenated alkanes) is 2. The molecular weight excluding hydrogens is 700 g/mol. The molecule has 0 radical (unpaired) electrons. The van der Waals surface area contributed by atoms with Crippen LogP contribution in [0.3, 0.4) is 0 Å². The summed E-state index contributed by atoms with van der Waals surface area (Å²) < 4.78 is 34.0. The molecule has 0 heterocycles. The summed E-state index contributed by atoms with van der Waals surface area (Å²) in [4.78, 5) is 49.8. The summed E-state index contributed by atoms with van der Waals surface area (Å²) in [6.07, 6.45) is 5.32. The van der Waals surface area contributed by atoms with Gasteiger partial charge in [-0.3, -0.25) is 0 Å². The summed E-state index contributed by atoms with van der Waals surface area (Å²) in [6, 6.07) is 25.9. The van der Waals surface area contributed by atoms with E-state index in [-0.39, 0.29) is 0 Å². The van der Waals surface area contributed by atoms with Gasteiger partial charge in [-0.2, -0.15) is 0 Å². The molecule has 0 aliphatic rings. The number of benzene rings is 5. The largest absolute Gasteiger partial charge is 0.455 e. The molecule has 0 saturated carbocycles. The predicted octanol–water partition coefficient (Wildman–Crippen LogP) is 9.99. The van der Waals surface area contributed by atoms with Crippen molar-refractivity contribution in [2.75, 3.05) is 0 Å². The molecule has 55 heavy (non-hydrogen) atoms. The number of hydrogen-bond acceptors (Lipinski definition) is 10. The van der Waals surface area contributed by atoms with Gasteiger partial charge in [0, 0.05) is 25.0 Å². The van der Waals surface area contributed by atoms with Crippen LogP contribution >= 0.6 is 0 Å². The summed E-state index contributed by atoms with van der Waals surface area (Å²) >= 11 is 0. The van der Waals surface area contributed by atoms with Crippen LogP contribution in [0.15, 0.2) is 116 Å². The standard InChI is InChI=1S/C45H44O10/c1-6-10-12-42(54-40(46)8-3)50-37-20-18-30-25-34(16-14-32(30)27-37)44(48)52-36-22-23-39(29(5)24-36)53-45(49)35-17-15-33-28-38(21-19-31(33)26-35)51-43(13-11-7-2)55-41(47)9-4/h8-9,14-28,42-43H,3-4,6-7,10-13H2,1-2,5H3. The molecule has 5 aromatic carbocycles. The molecule has 0 aliphatic carbocycles. The van der Waals surface area contributed by atoms with E-state index in [4.69, 9.17) is 28.4 Å². The van der Waals surface area contributed by atoms with Gasteiger partial charge in [0.2, 0.25) is 12.6 Å². The fourth-order valence-corrected chi connectivity index (χ4v) is 5.66. The first-order valence-corrected chi connectivity index (χ1v) is 18.2. The molecule has 0 spiro atoms. The van der Waals surface area contributed by atoms with Crippen molar-refractivity contribution >= 4 is 45.4 Å². The van der Waals surface area contributed by atoms with Gasteiger partial charge in [-0.1, -0.05) is 64.1 Å². The van der Waals surface area contributed by atoms with E-state index in [1.807, 2.05) is 38.1 Å². The zero-order valence-corrected chi connectivity index (χ0v) is 31.2. The maximum atomic E-state index is 13.2. The number of aryl methyl sites for hydroxylation is 1. The summed E-state index contributed by atoms with van der Waals surface area (Å²) in [5, 5.41) is 3.23. The quantitative estimate of drug-likeness (QED) is 0.0371. The summed E-state index contributed by atoms with van der Waals surface area (Å²) in [7, 11) is 0. The van der Waals surface area contributed by atoms with Crippen LogP contribution in [0.5, 0.6) is 23.0 Å². The van der Waals surface area contributed by atoms with Crippen LogP contribution < -0.4 is 18.9 Å². The number of ether oxygens (including phenoxy) is 6. The number of fused-ring (bicyclic) bond motifs is 2. The monoisotopic (exact) mass is 744 g/mol. The highest BCUT2D eigenvalue weighted by Gasteiger charge is 2.18. The fourth-order valence-electron chi connectivity index (χ4n) is 5.66. The Balaban J connectivity index is 1.20. The van der Waals surface area contributed by atoms with Gasteiger partial charge in [0.15, 0.2) is 0 Å². The van der Waals surface area contributed by atoms with Crippen LogP contribution in [0.4, 0.5) is 0 Å². The lowest BCUT2D eigenvalue weighted by molar-refractivity contribution is -0.159. The van der Waals surface area contributed by atoms with Gasteiger partial charge in [-0.15, -0.1) is 0 Å². The third-order valence-electron chi connectivity index (χ3n) is 8.60. The minimum atomic E-state index is -0.738. The third kappa shape index (κ3) is 11.1. The van der Waals surface area contributed by atoms with E-state index in [9.17, 15) is 19.2 Å². The highest BCUT2D eigenvalue weighted by molar-refractivity contribution is 5.98.